The number of aryl methyl sites for hydroxylation is 1. The van der Waals surface area contributed by atoms with E-state index in [1.54, 1.807) is 4.40 Å². The first-order valence-corrected chi connectivity index (χ1v) is 8.39. The van der Waals surface area contributed by atoms with Crippen LogP contribution in [-0.2, 0) is 12.2 Å². The average molecular weight is 343 g/mol. The van der Waals surface area contributed by atoms with E-state index in [4.69, 9.17) is 5.26 Å². The Morgan fingerprint density at radius 1 is 1.38 bits per heavy atom. The van der Waals surface area contributed by atoms with Gasteiger partial charge in [0.25, 0.3) is 5.56 Å². The molecule has 0 aliphatic rings. The van der Waals surface area contributed by atoms with E-state index in [0.717, 1.165) is 18.5 Å². The summed E-state index contributed by atoms with van der Waals surface area (Å²) in [6.07, 6.45) is 1.60. The Morgan fingerprint density at radius 3 is 2.96 bits per heavy atom. The fraction of sp³-hybridized carbons (Fsp3) is 0.250. The van der Waals surface area contributed by atoms with Crippen molar-refractivity contribution in [2.24, 2.45) is 0 Å². The van der Waals surface area contributed by atoms with Crippen molar-refractivity contribution in [2.75, 3.05) is 0 Å². The molecule has 6 nitrogen and oxygen atoms in total. The maximum atomic E-state index is 13.4. The second kappa shape index (κ2) is 6.84. The van der Waals surface area contributed by atoms with Gasteiger partial charge < -0.3 is 0 Å². The van der Waals surface area contributed by atoms with Crippen molar-refractivity contribution < 1.29 is 4.39 Å². The van der Waals surface area contributed by atoms with Crippen molar-refractivity contribution in [3.8, 4) is 6.07 Å². The lowest BCUT2D eigenvalue weighted by atomic mass is 10.1. The molecule has 3 rings (SSSR count). The summed E-state index contributed by atoms with van der Waals surface area (Å²) in [5, 5.41) is 17.8. The van der Waals surface area contributed by atoms with Gasteiger partial charge in [0.05, 0.1) is 11.6 Å². The van der Waals surface area contributed by atoms with Gasteiger partial charge in [0.1, 0.15) is 5.82 Å². The third-order valence-electron chi connectivity index (χ3n) is 3.50. The molecule has 0 aliphatic heterocycles. The van der Waals surface area contributed by atoms with E-state index >= 15 is 0 Å². The first-order chi connectivity index (χ1) is 11.6. The molecule has 0 amide bonds. The number of aromatic nitrogens is 4. The number of aromatic amines is 1. The fourth-order valence-electron chi connectivity index (χ4n) is 2.44. The first kappa shape index (κ1) is 16.2. The molecular weight excluding hydrogens is 329 g/mol. The molecule has 0 spiro atoms. The first-order valence-electron chi connectivity index (χ1n) is 7.41. The molecule has 122 valence electrons. The number of rotatable bonds is 5. The normalized spacial score (nSPS) is 10.9. The summed E-state index contributed by atoms with van der Waals surface area (Å²) in [5.74, 6) is 0.381. The smallest absolute Gasteiger partial charge is 0.252 e. The van der Waals surface area contributed by atoms with E-state index in [-0.39, 0.29) is 11.4 Å². The minimum absolute atomic E-state index is 0.216. The number of H-pyrrole nitrogens is 1. The van der Waals surface area contributed by atoms with Gasteiger partial charge in [0.15, 0.2) is 5.16 Å². The molecule has 1 aromatic carbocycles. The highest BCUT2D eigenvalue weighted by atomic mass is 32.2. The number of thioether (sulfide) groups is 1. The maximum Gasteiger partial charge on any atom is 0.252 e. The summed E-state index contributed by atoms with van der Waals surface area (Å²) in [6, 6.07) is 7.68. The van der Waals surface area contributed by atoms with Gasteiger partial charge in [-0.2, -0.15) is 5.26 Å². The lowest BCUT2D eigenvalue weighted by Gasteiger charge is -2.07. The molecule has 0 aliphatic carbocycles. The molecule has 0 fully saturated rings. The monoisotopic (exact) mass is 343 g/mol. The predicted molar refractivity (Wildman–Crippen MR) is 88.3 cm³/mol. The molecule has 0 bridgehead atoms. The summed E-state index contributed by atoms with van der Waals surface area (Å²) >= 11 is 1.34. The summed E-state index contributed by atoms with van der Waals surface area (Å²) in [4.78, 5) is 14.3. The molecular formula is C16H14FN5OS. The second-order valence-corrected chi connectivity index (χ2v) is 6.16. The topological polar surface area (TPSA) is 86.8 Å². The number of nitriles is 1. The van der Waals surface area contributed by atoms with Crippen molar-refractivity contribution >= 4 is 17.5 Å². The standard InChI is InChI=1S/C16H14FN5OS/c1-2-3-13-7-14(23)19-15-20-21-16(22(13)15)24-9-11-6-12(17)5-4-10(11)8-18/h4-7H,2-3,9H2,1H3,(H,19,20,23). The van der Waals surface area contributed by atoms with Gasteiger partial charge in [-0.1, -0.05) is 25.1 Å². The number of benzene rings is 1. The number of hydrogen-bond donors (Lipinski definition) is 1. The Hall–Kier alpha value is -2.66. The Morgan fingerprint density at radius 2 is 2.21 bits per heavy atom. The number of hydrogen-bond acceptors (Lipinski definition) is 5. The second-order valence-electron chi connectivity index (χ2n) is 5.22. The van der Waals surface area contributed by atoms with Crippen LogP contribution in [-0.4, -0.2) is 19.6 Å². The van der Waals surface area contributed by atoms with E-state index < -0.39 is 0 Å². The molecule has 1 N–H and O–H groups in total. The molecule has 2 aromatic heterocycles. The highest BCUT2D eigenvalue weighted by molar-refractivity contribution is 7.98. The van der Waals surface area contributed by atoms with E-state index in [1.807, 2.05) is 6.92 Å². The molecule has 0 atom stereocenters. The Balaban J connectivity index is 1.95. The van der Waals surface area contributed by atoms with E-state index in [0.29, 0.717) is 27.8 Å². The maximum absolute atomic E-state index is 13.4. The van der Waals surface area contributed by atoms with Crippen molar-refractivity contribution in [2.45, 2.75) is 30.7 Å². The summed E-state index contributed by atoms with van der Waals surface area (Å²) < 4.78 is 15.2. The zero-order chi connectivity index (χ0) is 17.1. The molecule has 8 heteroatoms. The van der Waals surface area contributed by atoms with Crippen molar-refractivity contribution in [1.82, 2.24) is 19.6 Å². The Kier molecular flexibility index (Phi) is 4.62. The lowest BCUT2D eigenvalue weighted by molar-refractivity contribution is 0.626. The fourth-order valence-corrected chi connectivity index (χ4v) is 3.39. The van der Waals surface area contributed by atoms with Crippen LogP contribution < -0.4 is 5.56 Å². The van der Waals surface area contributed by atoms with Crippen LogP contribution in [0, 0.1) is 17.1 Å². The summed E-state index contributed by atoms with van der Waals surface area (Å²) in [7, 11) is 0. The van der Waals surface area contributed by atoms with Crippen LogP contribution in [0.25, 0.3) is 5.78 Å². The molecule has 24 heavy (non-hydrogen) atoms. The number of nitrogens with zero attached hydrogens (tertiary/aromatic N) is 4. The minimum atomic E-state index is -0.383. The van der Waals surface area contributed by atoms with Crippen LogP contribution in [0.2, 0.25) is 0 Å². The van der Waals surface area contributed by atoms with Gasteiger partial charge in [0, 0.05) is 17.5 Å². The van der Waals surface area contributed by atoms with Gasteiger partial charge in [-0.3, -0.25) is 14.2 Å². The third-order valence-corrected chi connectivity index (χ3v) is 4.48. The molecule has 2 heterocycles. The summed E-state index contributed by atoms with van der Waals surface area (Å²) in [6.45, 7) is 2.02. The van der Waals surface area contributed by atoms with Crippen LogP contribution in [0.4, 0.5) is 4.39 Å². The van der Waals surface area contributed by atoms with E-state index in [2.05, 4.69) is 21.3 Å². The Labute approximate surface area is 141 Å². The van der Waals surface area contributed by atoms with Crippen LogP contribution >= 0.6 is 11.8 Å². The zero-order valence-electron chi connectivity index (χ0n) is 12.9. The molecule has 0 unspecified atom stereocenters. The number of halogens is 1. The molecule has 0 saturated heterocycles. The van der Waals surface area contributed by atoms with Gasteiger partial charge >= 0.3 is 0 Å². The zero-order valence-corrected chi connectivity index (χ0v) is 13.7. The number of fused-ring (bicyclic) bond motifs is 1. The highest BCUT2D eigenvalue weighted by Crippen LogP contribution is 2.24. The van der Waals surface area contributed by atoms with E-state index in [9.17, 15) is 9.18 Å². The van der Waals surface area contributed by atoms with Crippen LogP contribution in [0.1, 0.15) is 30.2 Å². The molecule has 0 radical (unpaired) electrons. The molecule has 3 aromatic rings. The van der Waals surface area contributed by atoms with Crippen LogP contribution in [0.3, 0.4) is 0 Å². The average Bonchev–Trinajstić information content (AvgIpc) is 2.96. The minimum Gasteiger partial charge on any atom is -0.291 e. The van der Waals surface area contributed by atoms with Crippen molar-refractivity contribution in [3.63, 3.8) is 0 Å². The molecule has 0 saturated carbocycles. The van der Waals surface area contributed by atoms with Crippen LogP contribution in [0.5, 0.6) is 0 Å². The number of nitrogens with one attached hydrogen (secondary N) is 1. The van der Waals surface area contributed by atoms with Gasteiger partial charge in [-0.05, 0) is 30.2 Å². The SMILES string of the molecule is CCCc1cc(=O)[nH]c2nnc(SCc3cc(F)ccc3C#N)n12. The highest BCUT2D eigenvalue weighted by Gasteiger charge is 2.13. The quantitative estimate of drug-likeness (QED) is 0.720. The Bertz CT molecular complexity index is 988. The summed E-state index contributed by atoms with van der Waals surface area (Å²) in [5.41, 5.74) is 1.64. The van der Waals surface area contributed by atoms with Gasteiger partial charge in [-0.25, -0.2) is 4.39 Å². The van der Waals surface area contributed by atoms with E-state index in [1.165, 1.54) is 36.0 Å². The van der Waals surface area contributed by atoms with Crippen LogP contribution in [0.15, 0.2) is 34.2 Å². The third kappa shape index (κ3) is 3.16. The van der Waals surface area contributed by atoms with Crippen molar-refractivity contribution in [1.29, 1.82) is 5.26 Å². The largest absolute Gasteiger partial charge is 0.291 e. The predicted octanol–water partition coefficient (Wildman–Crippen LogP) is 2.67. The van der Waals surface area contributed by atoms with Gasteiger partial charge in [0.2, 0.25) is 5.78 Å². The van der Waals surface area contributed by atoms with Crippen molar-refractivity contribution in [3.05, 3.63) is 57.3 Å². The lowest BCUT2D eigenvalue weighted by Crippen LogP contribution is -2.11. The van der Waals surface area contributed by atoms with Gasteiger partial charge in [-0.15, -0.1) is 10.2 Å².